The molecule has 102 valence electrons. The zero-order chi connectivity index (χ0) is 13.9. The van der Waals surface area contributed by atoms with Crippen LogP contribution in [0.3, 0.4) is 0 Å². The molecule has 0 saturated heterocycles. The Morgan fingerprint density at radius 2 is 2.16 bits per heavy atom. The van der Waals surface area contributed by atoms with Crippen molar-refractivity contribution >= 4 is 11.6 Å². The van der Waals surface area contributed by atoms with Gasteiger partial charge in [-0.2, -0.15) is 0 Å². The summed E-state index contributed by atoms with van der Waals surface area (Å²) < 4.78 is 1.79. The summed E-state index contributed by atoms with van der Waals surface area (Å²) in [5.74, 6) is -0.260. The molecule has 0 aliphatic rings. The number of hydrogen-bond donors (Lipinski definition) is 2. The smallest absolute Gasteiger partial charge is 0.271 e. The summed E-state index contributed by atoms with van der Waals surface area (Å²) in [4.78, 5) is 16.2. The van der Waals surface area contributed by atoms with Crippen LogP contribution in [0.15, 0.2) is 30.6 Å². The molecule has 0 unspecified atom stereocenters. The number of carbonyl (C=O) groups is 1. The molecular weight excluding hydrogens is 242 g/mol. The van der Waals surface area contributed by atoms with Gasteiger partial charge in [0.1, 0.15) is 11.3 Å². The molecule has 0 radical (unpaired) electrons. The third kappa shape index (κ3) is 2.93. The highest BCUT2D eigenvalue weighted by Gasteiger charge is 2.23. The van der Waals surface area contributed by atoms with E-state index in [4.69, 9.17) is 0 Å². The lowest BCUT2D eigenvalue weighted by molar-refractivity contribution is 0.0313. The number of nitrogens with one attached hydrogen (secondary N) is 1. The molecule has 0 fully saturated rings. The van der Waals surface area contributed by atoms with Crippen molar-refractivity contribution in [2.45, 2.75) is 32.3 Å². The predicted octanol–water partition coefficient (Wildman–Crippen LogP) is 1.62. The lowest BCUT2D eigenvalue weighted by Crippen LogP contribution is -2.42. The molecule has 0 bridgehead atoms. The minimum atomic E-state index is -0.838. The molecule has 0 atom stereocenters. The van der Waals surface area contributed by atoms with Crippen LogP contribution in [-0.4, -0.2) is 32.5 Å². The summed E-state index contributed by atoms with van der Waals surface area (Å²) in [6.07, 6.45) is 4.74. The summed E-state index contributed by atoms with van der Waals surface area (Å²) in [6, 6.07) is 5.59. The molecule has 0 saturated carbocycles. The minimum absolute atomic E-state index is 0.243. The van der Waals surface area contributed by atoms with E-state index in [1.54, 1.807) is 10.6 Å². The van der Waals surface area contributed by atoms with Crippen molar-refractivity contribution in [3.8, 4) is 0 Å². The second kappa shape index (κ2) is 5.40. The van der Waals surface area contributed by atoms with Gasteiger partial charge >= 0.3 is 0 Å². The van der Waals surface area contributed by atoms with E-state index >= 15 is 0 Å². The first-order valence-electron chi connectivity index (χ1n) is 6.52. The Labute approximate surface area is 112 Å². The van der Waals surface area contributed by atoms with E-state index in [1.165, 1.54) is 0 Å². The van der Waals surface area contributed by atoms with Gasteiger partial charge in [0, 0.05) is 18.9 Å². The van der Waals surface area contributed by atoms with Crippen molar-refractivity contribution in [2.75, 3.05) is 6.54 Å². The Morgan fingerprint density at radius 1 is 1.42 bits per heavy atom. The fraction of sp³-hybridized carbons (Fsp3) is 0.429. The highest BCUT2D eigenvalue weighted by Crippen LogP contribution is 2.13. The zero-order valence-corrected chi connectivity index (χ0v) is 11.3. The second-order valence-corrected chi connectivity index (χ2v) is 4.71. The van der Waals surface area contributed by atoms with Crippen molar-refractivity contribution < 1.29 is 9.90 Å². The first-order valence-corrected chi connectivity index (χ1v) is 6.52. The zero-order valence-electron chi connectivity index (χ0n) is 11.3. The standard InChI is InChI=1S/C14H19N3O2/c1-3-14(19,4-2)10-15-13(18)11-9-17-8-6-5-7-12(17)16-11/h5-9,19H,3-4,10H2,1-2H3,(H,15,18). The van der Waals surface area contributed by atoms with Gasteiger partial charge in [-0.15, -0.1) is 0 Å². The van der Waals surface area contributed by atoms with Crippen molar-refractivity contribution in [1.82, 2.24) is 14.7 Å². The van der Waals surface area contributed by atoms with E-state index in [-0.39, 0.29) is 12.5 Å². The number of nitrogens with zero attached hydrogens (tertiary/aromatic N) is 2. The van der Waals surface area contributed by atoms with Crippen molar-refractivity contribution in [1.29, 1.82) is 0 Å². The minimum Gasteiger partial charge on any atom is -0.388 e. The molecular formula is C14H19N3O2. The monoisotopic (exact) mass is 261 g/mol. The van der Waals surface area contributed by atoms with Crippen molar-refractivity contribution in [2.24, 2.45) is 0 Å². The Kier molecular flexibility index (Phi) is 3.85. The first kappa shape index (κ1) is 13.5. The first-order chi connectivity index (χ1) is 9.08. The molecule has 0 aliphatic heterocycles. The number of carbonyl (C=O) groups excluding carboxylic acids is 1. The molecule has 19 heavy (non-hydrogen) atoms. The average molecular weight is 261 g/mol. The van der Waals surface area contributed by atoms with Crippen LogP contribution >= 0.6 is 0 Å². The lowest BCUT2D eigenvalue weighted by atomic mass is 9.97. The van der Waals surface area contributed by atoms with Crippen LogP contribution in [0.5, 0.6) is 0 Å². The van der Waals surface area contributed by atoms with Gasteiger partial charge in [-0.1, -0.05) is 19.9 Å². The summed E-state index contributed by atoms with van der Waals surface area (Å²) in [6.45, 7) is 4.05. The molecule has 2 heterocycles. The summed E-state index contributed by atoms with van der Waals surface area (Å²) >= 11 is 0. The van der Waals surface area contributed by atoms with Crippen LogP contribution in [0.4, 0.5) is 0 Å². The Hall–Kier alpha value is -1.88. The van der Waals surface area contributed by atoms with Crippen LogP contribution in [0, 0.1) is 0 Å². The van der Waals surface area contributed by atoms with Crippen molar-refractivity contribution in [3.05, 3.63) is 36.3 Å². The fourth-order valence-electron chi connectivity index (χ4n) is 1.88. The Morgan fingerprint density at radius 3 is 2.79 bits per heavy atom. The van der Waals surface area contributed by atoms with E-state index in [1.807, 2.05) is 38.2 Å². The number of amides is 1. The van der Waals surface area contributed by atoms with Gasteiger partial charge in [0.25, 0.3) is 5.91 Å². The average Bonchev–Trinajstić information content (AvgIpc) is 2.88. The molecule has 0 aromatic carbocycles. The van der Waals surface area contributed by atoms with Gasteiger partial charge in [-0.3, -0.25) is 4.79 Å². The van der Waals surface area contributed by atoms with Gasteiger partial charge in [-0.25, -0.2) is 4.98 Å². The van der Waals surface area contributed by atoms with Crippen LogP contribution in [-0.2, 0) is 0 Å². The fourth-order valence-corrected chi connectivity index (χ4v) is 1.88. The van der Waals surface area contributed by atoms with Crippen molar-refractivity contribution in [3.63, 3.8) is 0 Å². The Balaban J connectivity index is 2.08. The maximum atomic E-state index is 12.0. The number of rotatable bonds is 5. The maximum Gasteiger partial charge on any atom is 0.271 e. The van der Waals surface area contributed by atoms with Crippen LogP contribution in [0.25, 0.3) is 5.65 Å². The molecule has 1 amide bonds. The second-order valence-electron chi connectivity index (χ2n) is 4.71. The van der Waals surface area contributed by atoms with E-state index in [9.17, 15) is 9.90 Å². The summed E-state index contributed by atoms with van der Waals surface area (Å²) in [7, 11) is 0. The third-order valence-electron chi connectivity index (χ3n) is 3.49. The van der Waals surface area contributed by atoms with Crippen LogP contribution in [0.2, 0.25) is 0 Å². The van der Waals surface area contributed by atoms with Gasteiger partial charge in [0.05, 0.1) is 5.60 Å². The maximum absolute atomic E-state index is 12.0. The number of hydrogen-bond acceptors (Lipinski definition) is 3. The van der Waals surface area contributed by atoms with Crippen LogP contribution < -0.4 is 5.32 Å². The SMILES string of the molecule is CCC(O)(CC)CNC(=O)c1cn2ccccc2n1. The molecule has 2 aromatic heterocycles. The number of pyridine rings is 1. The number of aromatic nitrogens is 2. The molecule has 0 spiro atoms. The molecule has 2 N–H and O–H groups in total. The largest absolute Gasteiger partial charge is 0.388 e. The quantitative estimate of drug-likeness (QED) is 0.859. The number of fused-ring (bicyclic) bond motifs is 1. The number of imidazole rings is 1. The molecule has 2 aromatic rings. The van der Waals surface area contributed by atoms with Gasteiger partial charge in [-0.05, 0) is 25.0 Å². The summed E-state index contributed by atoms with van der Waals surface area (Å²) in [5, 5.41) is 12.9. The van der Waals surface area contributed by atoms with E-state index in [0.717, 1.165) is 5.65 Å². The topological polar surface area (TPSA) is 66.6 Å². The Bertz CT molecular complexity index is 540. The molecule has 2 rings (SSSR count). The number of aliphatic hydroxyl groups is 1. The highest BCUT2D eigenvalue weighted by molar-refractivity contribution is 5.92. The molecule has 0 aliphatic carbocycles. The van der Waals surface area contributed by atoms with E-state index in [2.05, 4.69) is 10.3 Å². The normalized spacial score (nSPS) is 11.7. The summed E-state index contributed by atoms with van der Waals surface area (Å²) in [5.41, 5.74) is 0.254. The van der Waals surface area contributed by atoms with Gasteiger partial charge in [0.15, 0.2) is 0 Å². The molecule has 5 heteroatoms. The highest BCUT2D eigenvalue weighted by atomic mass is 16.3. The molecule has 5 nitrogen and oxygen atoms in total. The van der Waals surface area contributed by atoms with Gasteiger partial charge < -0.3 is 14.8 Å². The lowest BCUT2D eigenvalue weighted by Gasteiger charge is -2.25. The third-order valence-corrected chi connectivity index (χ3v) is 3.49. The van der Waals surface area contributed by atoms with Gasteiger partial charge in [0.2, 0.25) is 0 Å². The van der Waals surface area contributed by atoms with E-state index in [0.29, 0.717) is 18.5 Å². The van der Waals surface area contributed by atoms with E-state index < -0.39 is 5.60 Å². The predicted molar refractivity (Wildman–Crippen MR) is 73.1 cm³/mol. The van der Waals surface area contributed by atoms with Crippen LogP contribution in [0.1, 0.15) is 37.2 Å².